The molecule has 2 rings (SSSR count). The normalized spacial score (nSPS) is 18.5. The van der Waals surface area contributed by atoms with Crippen molar-refractivity contribution in [2.45, 2.75) is 70.7 Å². The number of carbonyl (C=O) groups excluding carboxylic acids is 4. The molecule has 13 heteroatoms. The molecule has 41 heavy (non-hydrogen) atoms. The fraction of sp³-hybridized carbons (Fsp3) is 0.714. The third-order valence-corrected chi connectivity index (χ3v) is 7.90. The van der Waals surface area contributed by atoms with E-state index in [9.17, 15) is 19.2 Å². The Morgan fingerprint density at radius 2 is 1.78 bits per heavy atom. The zero-order chi connectivity index (χ0) is 30.5. The van der Waals surface area contributed by atoms with E-state index in [1.807, 2.05) is 13.8 Å². The maximum Gasteiger partial charge on any atom is 0.325 e. The van der Waals surface area contributed by atoms with Gasteiger partial charge in [0.2, 0.25) is 23.7 Å². The quantitative estimate of drug-likeness (QED) is 0.273. The van der Waals surface area contributed by atoms with E-state index < -0.39 is 24.1 Å². The van der Waals surface area contributed by atoms with Crippen LogP contribution < -0.4 is 10.6 Å². The molecule has 13 nitrogen and oxygen atoms in total. The number of aromatic nitrogens is 2. The molecular weight excluding hydrogens is 532 g/mol. The van der Waals surface area contributed by atoms with Crippen LogP contribution in [0.1, 0.15) is 46.5 Å². The first kappa shape index (κ1) is 33.9. The van der Waals surface area contributed by atoms with Gasteiger partial charge in [0, 0.05) is 40.2 Å². The molecular formula is C28H46N6O7. The van der Waals surface area contributed by atoms with Crippen LogP contribution in [0, 0.1) is 11.8 Å². The van der Waals surface area contributed by atoms with Gasteiger partial charge in [0.1, 0.15) is 6.54 Å². The number of nitrogens with one attached hydrogen (secondary N) is 2. The van der Waals surface area contributed by atoms with Crippen LogP contribution in [0.2, 0.25) is 0 Å². The number of carbonyl (C=O) groups is 4. The maximum absolute atomic E-state index is 13.7. The molecule has 3 amide bonds. The molecule has 2 N–H and O–H groups in total. The van der Waals surface area contributed by atoms with Crippen molar-refractivity contribution in [2.75, 3.05) is 53.3 Å². The predicted octanol–water partition coefficient (Wildman–Crippen LogP) is 1.10. The largest absolute Gasteiger partial charge is 0.468 e. The maximum atomic E-state index is 13.7. The minimum absolute atomic E-state index is 0.00250. The van der Waals surface area contributed by atoms with Crippen molar-refractivity contribution >= 4 is 29.6 Å². The molecule has 6 atom stereocenters. The number of hydrogen-bond acceptors (Lipinski definition) is 10. The Labute approximate surface area is 242 Å². The fourth-order valence-corrected chi connectivity index (χ4v) is 5.39. The number of ether oxygens (including phenoxy) is 3. The van der Waals surface area contributed by atoms with E-state index in [0.717, 1.165) is 12.8 Å². The molecule has 0 radical (unpaired) electrons. The van der Waals surface area contributed by atoms with E-state index in [1.165, 1.54) is 14.2 Å². The smallest absolute Gasteiger partial charge is 0.325 e. The Kier molecular flexibility index (Phi) is 13.9. The lowest BCUT2D eigenvalue weighted by Gasteiger charge is -2.39. The van der Waals surface area contributed by atoms with E-state index in [1.54, 1.807) is 49.3 Å². The highest BCUT2D eigenvalue weighted by atomic mass is 16.5. The first-order chi connectivity index (χ1) is 19.6. The van der Waals surface area contributed by atoms with Gasteiger partial charge in [-0.15, -0.1) is 0 Å². The Bertz CT molecular complexity index is 997. The Balaban J connectivity index is 2.13. The minimum atomic E-state index is -0.612. The summed E-state index contributed by atoms with van der Waals surface area (Å²) in [4.78, 5) is 62.6. The molecule has 230 valence electrons. The molecule has 0 bridgehead atoms. The van der Waals surface area contributed by atoms with Crippen molar-refractivity contribution in [1.29, 1.82) is 0 Å². The minimum Gasteiger partial charge on any atom is -0.468 e. The molecule has 2 heterocycles. The number of likely N-dealkylation sites (N-methyl/N-ethyl adjacent to an activating group) is 1. The number of esters is 1. The first-order valence-corrected chi connectivity index (χ1v) is 14.1. The van der Waals surface area contributed by atoms with Crippen molar-refractivity contribution < 1.29 is 33.4 Å². The number of hydrogen-bond donors (Lipinski definition) is 2. The summed E-state index contributed by atoms with van der Waals surface area (Å²) >= 11 is 0. The lowest BCUT2D eigenvalue weighted by molar-refractivity contribution is -0.146. The van der Waals surface area contributed by atoms with Crippen LogP contribution in [-0.2, 0) is 33.4 Å². The number of methoxy groups -OCH3 is 3. The molecule has 1 aromatic heterocycles. The molecule has 1 aromatic rings. The number of likely N-dealkylation sites (tertiary alicyclic amines) is 1. The summed E-state index contributed by atoms with van der Waals surface area (Å²) in [6.45, 7) is 6.07. The second-order valence-electron chi connectivity index (χ2n) is 10.4. The van der Waals surface area contributed by atoms with Crippen molar-refractivity contribution in [3.05, 3.63) is 18.5 Å². The number of amides is 3. The van der Waals surface area contributed by atoms with Crippen molar-refractivity contribution in [1.82, 2.24) is 25.1 Å². The molecule has 1 aliphatic rings. The van der Waals surface area contributed by atoms with Gasteiger partial charge in [-0.2, -0.15) is 0 Å². The molecule has 0 aliphatic carbocycles. The van der Waals surface area contributed by atoms with E-state index >= 15 is 0 Å². The third kappa shape index (κ3) is 9.35. The topological polar surface area (TPSA) is 152 Å². The summed E-state index contributed by atoms with van der Waals surface area (Å²) < 4.78 is 16.2. The highest BCUT2D eigenvalue weighted by Gasteiger charge is 2.41. The molecule has 0 saturated carbocycles. The van der Waals surface area contributed by atoms with Crippen molar-refractivity contribution in [2.24, 2.45) is 11.8 Å². The summed E-state index contributed by atoms with van der Waals surface area (Å²) in [6, 6.07) is 1.01. The second-order valence-corrected chi connectivity index (χ2v) is 10.4. The van der Waals surface area contributed by atoms with Gasteiger partial charge in [0.05, 0.1) is 50.3 Å². The summed E-state index contributed by atoms with van der Waals surface area (Å²) in [6.07, 6.45) is 4.35. The van der Waals surface area contributed by atoms with Crippen LogP contribution >= 0.6 is 0 Å². The van der Waals surface area contributed by atoms with Gasteiger partial charge in [-0.1, -0.05) is 27.2 Å². The molecule has 0 spiro atoms. The lowest BCUT2D eigenvalue weighted by Crippen LogP contribution is -2.54. The molecule has 0 unspecified atom stereocenters. The van der Waals surface area contributed by atoms with Crippen LogP contribution in [0.25, 0.3) is 0 Å². The second kappa shape index (κ2) is 16.8. The Morgan fingerprint density at radius 3 is 2.37 bits per heavy atom. The van der Waals surface area contributed by atoms with Crippen LogP contribution in [0.4, 0.5) is 5.95 Å². The third-order valence-electron chi connectivity index (χ3n) is 7.90. The zero-order valence-corrected chi connectivity index (χ0v) is 25.3. The summed E-state index contributed by atoms with van der Waals surface area (Å²) in [5, 5.41) is 5.51. The standard InChI is InChI=1S/C28H46N6O7/c1-8-18(2)25(33(4)23(36)16-32-28-29-12-10-13-30-28)21(39-5)15-22(35)34-14-9-11-20(34)26(41-7)19(3)27(38)31-17-24(37)40-6/h10,12-13,18-21,25-26H,8-9,11,14-17H2,1-7H3,(H,31,38)(H,29,30,32)/t18-,19+,20-,21+,25-,26+/m0/s1. The lowest BCUT2D eigenvalue weighted by atomic mass is 9.90. The van der Waals surface area contributed by atoms with Gasteiger partial charge in [0.25, 0.3) is 0 Å². The molecule has 1 fully saturated rings. The van der Waals surface area contributed by atoms with Gasteiger partial charge in [-0.25, -0.2) is 9.97 Å². The summed E-state index contributed by atoms with van der Waals surface area (Å²) in [7, 11) is 6.04. The Hall–Kier alpha value is -3.32. The van der Waals surface area contributed by atoms with Gasteiger partial charge in [-0.05, 0) is 24.8 Å². The first-order valence-electron chi connectivity index (χ1n) is 14.1. The van der Waals surface area contributed by atoms with Crippen molar-refractivity contribution in [3.63, 3.8) is 0 Å². The van der Waals surface area contributed by atoms with Gasteiger partial charge >= 0.3 is 5.97 Å². The summed E-state index contributed by atoms with van der Waals surface area (Å²) in [5.41, 5.74) is 0. The Morgan fingerprint density at radius 1 is 1.10 bits per heavy atom. The molecule has 1 aliphatic heterocycles. The van der Waals surface area contributed by atoms with E-state index in [-0.39, 0.29) is 55.2 Å². The number of rotatable bonds is 16. The summed E-state index contributed by atoms with van der Waals surface area (Å²) in [5.74, 6) is -1.42. The van der Waals surface area contributed by atoms with Crippen LogP contribution in [0.5, 0.6) is 0 Å². The van der Waals surface area contributed by atoms with Crippen LogP contribution in [-0.4, -0.2) is 116 Å². The van der Waals surface area contributed by atoms with Gasteiger partial charge in [-0.3, -0.25) is 19.2 Å². The monoisotopic (exact) mass is 578 g/mol. The number of nitrogens with zero attached hydrogens (tertiary/aromatic N) is 4. The van der Waals surface area contributed by atoms with E-state index in [2.05, 4.69) is 25.3 Å². The van der Waals surface area contributed by atoms with E-state index in [0.29, 0.717) is 18.9 Å². The zero-order valence-electron chi connectivity index (χ0n) is 25.3. The number of anilines is 1. The van der Waals surface area contributed by atoms with Crippen LogP contribution in [0.3, 0.4) is 0 Å². The van der Waals surface area contributed by atoms with Crippen molar-refractivity contribution in [3.8, 4) is 0 Å². The van der Waals surface area contributed by atoms with Crippen LogP contribution in [0.15, 0.2) is 18.5 Å². The highest BCUT2D eigenvalue weighted by molar-refractivity contribution is 5.84. The predicted molar refractivity (Wildman–Crippen MR) is 152 cm³/mol. The molecule has 1 saturated heterocycles. The van der Waals surface area contributed by atoms with Gasteiger partial charge in [0.15, 0.2) is 0 Å². The average Bonchev–Trinajstić information content (AvgIpc) is 3.48. The molecule has 0 aromatic carbocycles. The van der Waals surface area contributed by atoms with Gasteiger partial charge < -0.3 is 34.6 Å². The fourth-order valence-electron chi connectivity index (χ4n) is 5.39. The average molecular weight is 579 g/mol. The highest BCUT2D eigenvalue weighted by Crippen LogP contribution is 2.29. The SMILES string of the molecule is CC[C@H](C)[C@@H]([C@@H](CC(=O)N1CCC[C@H]1[C@H](OC)[C@@H](C)C(=O)NCC(=O)OC)OC)N(C)C(=O)CNc1ncccn1. The van der Waals surface area contributed by atoms with E-state index in [4.69, 9.17) is 9.47 Å².